The smallest absolute Gasteiger partial charge is 0.264 e. The number of sulfonamides is 1. The second-order valence-corrected chi connectivity index (χ2v) is 13.1. The number of carbonyl (C=O) groups is 2. The number of hydrogen-bond donors (Lipinski definition) is 1. The van der Waals surface area contributed by atoms with Crippen molar-refractivity contribution in [1.82, 2.24) is 10.2 Å². The van der Waals surface area contributed by atoms with Crippen LogP contribution in [-0.2, 0) is 26.2 Å². The molecule has 2 amide bonds. The zero-order valence-electron chi connectivity index (χ0n) is 22.0. The molecule has 0 aliphatic rings. The molecule has 0 aliphatic carbocycles. The summed E-state index contributed by atoms with van der Waals surface area (Å²) < 4.78 is 28.5. The topological polar surface area (TPSA) is 86.8 Å². The van der Waals surface area contributed by atoms with Crippen LogP contribution in [0.4, 0.5) is 5.69 Å². The Hall–Kier alpha value is -2.78. The highest BCUT2D eigenvalue weighted by Crippen LogP contribution is 2.33. The third-order valence-corrected chi connectivity index (χ3v) is 8.30. The minimum atomic E-state index is -4.25. The molecule has 0 unspecified atom stereocenters. The molecule has 0 spiro atoms. The van der Waals surface area contributed by atoms with Gasteiger partial charge in [-0.25, -0.2) is 8.42 Å². The van der Waals surface area contributed by atoms with Crippen LogP contribution in [0.3, 0.4) is 0 Å². The highest BCUT2D eigenvalue weighted by atomic mass is 35.5. The molecule has 0 aromatic heterocycles. The number of hydrogen-bond acceptors (Lipinski definition) is 4. The molecule has 0 heterocycles. The first-order valence-electron chi connectivity index (χ1n) is 12.1. The monoisotopic (exact) mass is 609 g/mol. The Morgan fingerprint density at radius 3 is 2.08 bits per heavy atom. The maximum atomic E-state index is 13.9. The summed E-state index contributed by atoms with van der Waals surface area (Å²) in [6, 6.07) is 18.0. The van der Waals surface area contributed by atoms with Gasteiger partial charge in [-0.1, -0.05) is 65.1 Å². The largest absolute Gasteiger partial charge is 0.350 e. The van der Waals surface area contributed by atoms with E-state index in [1.165, 1.54) is 35.2 Å². The lowest BCUT2D eigenvalue weighted by Crippen LogP contribution is -2.54. The fourth-order valence-electron chi connectivity index (χ4n) is 3.75. The Morgan fingerprint density at radius 2 is 1.49 bits per heavy atom. The molecule has 0 fully saturated rings. The second kappa shape index (κ2) is 12.6. The zero-order valence-corrected chi connectivity index (χ0v) is 25.1. The molecule has 3 aromatic rings. The van der Waals surface area contributed by atoms with Crippen LogP contribution < -0.4 is 9.62 Å². The van der Waals surface area contributed by atoms with Crippen molar-refractivity contribution in [1.29, 1.82) is 0 Å². The van der Waals surface area contributed by atoms with Gasteiger partial charge in [-0.15, -0.1) is 0 Å². The van der Waals surface area contributed by atoms with Crippen LogP contribution in [0, 0.1) is 0 Å². The summed E-state index contributed by atoms with van der Waals surface area (Å²) in [5, 5.41) is 3.74. The molecule has 0 bridgehead atoms. The fraction of sp³-hybridized carbons (Fsp3) is 0.286. The minimum Gasteiger partial charge on any atom is -0.350 e. The lowest BCUT2D eigenvalue weighted by molar-refractivity contribution is -0.140. The summed E-state index contributed by atoms with van der Waals surface area (Å²) in [5.74, 6) is -1.000. The first-order valence-corrected chi connectivity index (χ1v) is 14.7. The number of anilines is 1. The van der Waals surface area contributed by atoms with Gasteiger partial charge in [-0.3, -0.25) is 13.9 Å². The third-order valence-electron chi connectivity index (χ3n) is 5.72. The van der Waals surface area contributed by atoms with Gasteiger partial charge in [0.15, 0.2) is 0 Å². The van der Waals surface area contributed by atoms with E-state index in [-0.39, 0.29) is 33.1 Å². The Balaban J connectivity index is 2.06. The highest BCUT2D eigenvalue weighted by Gasteiger charge is 2.34. The van der Waals surface area contributed by atoms with Gasteiger partial charge in [-0.2, -0.15) is 0 Å². The minimum absolute atomic E-state index is 0.0309. The van der Waals surface area contributed by atoms with Crippen molar-refractivity contribution < 1.29 is 18.0 Å². The van der Waals surface area contributed by atoms with E-state index in [1.54, 1.807) is 49.4 Å². The summed E-state index contributed by atoms with van der Waals surface area (Å²) in [6.07, 6.45) is 0. The van der Waals surface area contributed by atoms with Gasteiger partial charge in [0.2, 0.25) is 11.8 Å². The Bertz CT molecular complexity index is 1430. The standard InChI is InChI=1S/C28H30Cl3N3O4S/c1-19(27(36)32-28(2,3)4)33(17-20-10-12-21(29)13-11-20)26(35)18-34(25-16-22(30)14-15-24(25)31)39(37,38)23-8-6-5-7-9-23/h5-16,19H,17-18H2,1-4H3,(H,32,36)/t19-/m0/s1. The van der Waals surface area contributed by atoms with Gasteiger partial charge in [0, 0.05) is 22.1 Å². The molecule has 0 saturated heterocycles. The van der Waals surface area contributed by atoms with E-state index in [4.69, 9.17) is 34.8 Å². The van der Waals surface area contributed by atoms with E-state index >= 15 is 0 Å². The molecule has 0 aliphatic heterocycles. The summed E-state index contributed by atoms with van der Waals surface area (Å²) in [4.78, 5) is 28.3. The van der Waals surface area contributed by atoms with Crippen molar-refractivity contribution in [3.8, 4) is 0 Å². The van der Waals surface area contributed by atoms with E-state index in [9.17, 15) is 18.0 Å². The van der Waals surface area contributed by atoms with Crippen molar-refractivity contribution in [3.63, 3.8) is 0 Å². The maximum Gasteiger partial charge on any atom is 0.264 e. The van der Waals surface area contributed by atoms with Crippen LogP contribution in [-0.4, -0.2) is 43.3 Å². The maximum absolute atomic E-state index is 13.9. The van der Waals surface area contributed by atoms with E-state index in [0.717, 1.165) is 4.31 Å². The van der Waals surface area contributed by atoms with Crippen molar-refractivity contribution in [3.05, 3.63) is 93.4 Å². The first-order chi connectivity index (χ1) is 18.2. The molecule has 11 heteroatoms. The zero-order chi connectivity index (χ0) is 29.0. The Kier molecular flexibility index (Phi) is 9.93. The molecule has 1 atom stereocenters. The van der Waals surface area contributed by atoms with Gasteiger partial charge >= 0.3 is 0 Å². The molecular formula is C28H30Cl3N3O4S. The molecule has 1 N–H and O–H groups in total. The van der Waals surface area contributed by atoms with Crippen LogP contribution in [0.1, 0.15) is 33.3 Å². The molecule has 0 saturated carbocycles. The fourth-order valence-corrected chi connectivity index (χ4v) is 5.76. The van der Waals surface area contributed by atoms with Gasteiger partial charge < -0.3 is 10.2 Å². The van der Waals surface area contributed by atoms with Gasteiger partial charge in [0.1, 0.15) is 12.6 Å². The molecule has 0 radical (unpaired) electrons. The SMILES string of the molecule is C[C@@H](C(=O)NC(C)(C)C)N(Cc1ccc(Cl)cc1)C(=O)CN(c1cc(Cl)ccc1Cl)S(=O)(=O)c1ccccc1. The second-order valence-electron chi connectivity index (χ2n) is 9.98. The predicted molar refractivity (Wildman–Crippen MR) is 157 cm³/mol. The average Bonchev–Trinajstić information content (AvgIpc) is 2.87. The Labute approximate surface area is 244 Å². The van der Waals surface area contributed by atoms with Crippen LogP contribution in [0.25, 0.3) is 0 Å². The van der Waals surface area contributed by atoms with Crippen molar-refractivity contribution in [2.75, 3.05) is 10.8 Å². The van der Waals surface area contributed by atoms with Crippen LogP contribution >= 0.6 is 34.8 Å². The van der Waals surface area contributed by atoms with E-state index in [0.29, 0.717) is 10.6 Å². The predicted octanol–water partition coefficient (Wildman–Crippen LogP) is 6.17. The van der Waals surface area contributed by atoms with E-state index in [1.807, 2.05) is 20.8 Å². The molecule has 39 heavy (non-hydrogen) atoms. The summed E-state index contributed by atoms with van der Waals surface area (Å²) in [7, 11) is -4.25. The molecule has 208 valence electrons. The van der Waals surface area contributed by atoms with E-state index < -0.39 is 34.1 Å². The van der Waals surface area contributed by atoms with Gasteiger partial charge in [0.25, 0.3) is 10.0 Å². The molecule has 3 aromatic carbocycles. The number of carbonyl (C=O) groups excluding carboxylic acids is 2. The Morgan fingerprint density at radius 1 is 0.897 bits per heavy atom. The van der Waals surface area contributed by atoms with Crippen molar-refractivity contribution in [2.45, 2.75) is 50.7 Å². The number of nitrogens with one attached hydrogen (secondary N) is 1. The van der Waals surface area contributed by atoms with Crippen molar-refractivity contribution in [2.24, 2.45) is 0 Å². The lowest BCUT2D eigenvalue weighted by Gasteiger charge is -2.33. The van der Waals surface area contributed by atoms with Crippen LogP contribution in [0.5, 0.6) is 0 Å². The number of halogens is 3. The van der Waals surface area contributed by atoms with Crippen molar-refractivity contribution >= 4 is 62.3 Å². The normalized spacial score (nSPS) is 12.5. The highest BCUT2D eigenvalue weighted by molar-refractivity contribution is 7.92. The number of amides is 2. The van der Waals surface area contributed by atoms with Crippen LogP contribution in [0.2, 0.25) is 15.1 Å². The molecule has 3 rings (SSSR count). The quantitative estimate of drug-likeness (QED) is 0.314. The van der Waals surface area contributed by atoms with Crippen LogP contribution in [0.15, 0.2) is 77.7 Å². The van der Waals surface area contributed by atoms with Gasteiger partial charge in [0.05, 0.1) is 15.6 Å². The number of rotatable bonds is 9. The lowest BCUT2D eigenvalue weighted by atomic mass is 10.1. The average molecular weight is 611 g/mol. The molecule has 7 nitrogen and oxygen atoms in total. The van der Waals surface area contributed by atoms with Gasteiger partial charge in [-0.05, 0) is 75.7 Å². The number of nitrogens with zero attached hydrogens (tertiary/aromatic N) is 2. The molecular weight excluding hydrogens is 581 g/mol. The first kappa shape index (κ1) is 30.8. The van der Waals surface area contributed by atoms with E-state index in [2.05, 4.69) is 5.32 Å². The third kappa shape index (κ3) is 8.11. The summed E-state index contributed by atoms with van der Waals surface area (Å²) >= 11 is 18.6. The number of benzene rings is 3. The summed E-state index contributed by atoms with van der Waals surface area (Å²) in [6.45, 7) is 6.50. The summed E-state index contributed by atoms with van der Waals surface area (Å²) in [5.41, 5.74) is 0.207.